The van der Waals surface area contributed by atoms with Crippen molar-refractivity contribution >= 4 is 9.84 Å². The van der Waals surface area contributed by atoms with Crippen LogP contribution in [0.4, 0.5) is 0 Å². The van der Waals surface area contributed by atoms with Gasteiger partial charge in [0.25, 0.3) is 0 Å². The van der Waals surface area contributed by atoms with Crippen molar-refractivity contribution in [1.82, 2.24) is 5.32 Å². The fraction of sp³-hybridized carbons (Fsp3) is 1.00. The average Bonchev–Trinajstić information content (AvgIpc) is 2.03. The first-order valence-electron chi connectivity index (χ1n) is 4.84. The largest absolute Gasteiger partial charge is 0.313 e. The van der Waals surface area contributed by atoms with Gasteiger partial charge < -0.3 is 5.32 Å². The summed E-state index contributed by atoms with van der Waals surface area (Å²) in [4.78, 5) is 0. The zero-order chi connectivity index (χ0) is 9.95. The van der Waals surface area contributed by atoms with Crippen LogP contribution in [0.15, 0.2) is 0 Å². The van der Waals surface area contributed by atoms with Crippen molar-refractivity contribution in [3.8, 4) is 0 Å². The lowest BCUT2D eigenvalue weighted by Gasteiger charge is -2.36. The molecule has 0 saturated heterocycles. The molecule has 1 fully saturated rings. The van der Waals surface area contributed by atoms with E-state index in [1.807, 2.05) is 7.05 Å². The number of hydrogen-bond donors (Lipinski definition) is 1. The van der Waals surface area contributed by atoms with Crippen LogP contribution in [0.3, 0.4) is 0 Å². The fourth-order valence-electron chi connectivity index (χ4n) is 2.20. The molecule has 0 aromatic heterocycles. The quantitative estimate of drug-likeness (QED) is 0.746. The van der Waals surface area contributed by atoms with Gasteiger partial charge in [0.05, 0.1) is 5.75 Å². The van der Waals surface area contributed by atoms with Gasteiger partial charge in [-0.25, -0.2) is 8.42 Å². The highest BCUT2D eigenvalue weighted by Gasteiger charge is 2.33. The van der Waals surface area contributed by atoms with Crippen LogP contribution in [0.1, 0.15) is 32.1 Å². The second-order valence-electron chi connectivity index (χ2n) is 4.16. The summed E-state index contributed by atoms with van der Waals surface area (Å²) in [6, 6.07) is 0. The smallest absolute Gasteiger partial charge is 0.149 e. The van der Waals surface area contributed by atoms with Crippen molar-refractivity contribution in [3.63, 3.8) is 0 Å². The molecule has 13 heavy (non-hydrogen) atoms. The Morgan fingerprint density at radius 2 is 1.77 bits per heavy atom. The van der Waals surface area contributed by atoms with E-state index >= 15 is 0 Å². The summed E-state index contributed by atoms with van der Waals surface area (Å²) in [5.74, 6) is 0.288. The third-order valence-corrected chi connectivity index (χ3v) is 3.96. The Morgan fingerprint density at radius 3 is 2.15 bits per heavy atom. The predicted molar refractivity (Wildman–Crippen MR) is 54.6 cm³/mol. The van der Waals surface area contributed by atoms with E-state index in [0.717, 1.165) is 25.7 Å². The molecule has 1 aliphatic rings. The molecule has 0 aromatic rings. The van der Waals surface area contributed by atoms with Gasteiger partial charge in [0.15, 0.2) is 0 Å². The molecule has 1 rings (SSSR count). The second kappa shape index (κ2) is 3.96. The third kappa shape index (κ3) is 3.27. The maximum Gasteiger partial charge on any atom is 0.149 e. The molecule has 0 unspecified atom stereocenters. The molecule has 0 amide bonds. The molecule has 3 nitrogen and oxygen atoms in total. The van der Waals surface area contributed by atoms with Crippen LogP contribution in [0, 0.1) is 0 Å². The van der Waals surface area contributed by atoms with Crippen LogP contribution in [0.2, 0.25) is 0 Å². The number of hydrogen-bond acceptors (Lipinski definition) is 3. The molecule has 0 aliphatic heterocycles. The molecule has 0 aromatic carbocycles. The molecule has 0 atom stereocenters. The zero-order valence-electron chi connectivity index (χ0n) is 8.47. The standard InChI is InChI=1S/C9H19NO2S/c1-10-9(8-13(2,11)12)6-4-3-5-7-9/h10H,3-8H2,1-2H3. The molecule has 0 heterocycles. The molecule has 0 spiro atoms. The van der Waals surface area contributed by atoms with E-state index in [2.05, 4.69) is 5.32 Å². The number of rotatable bonds is 3. The molecule has 0 radical (unpaired) electrons. The molecule has 4 heteroatoms. The summed E-state index contributed by atoms with van der Waals surface area (Å²) < 4.78 is 22.4. The Morgan fingerprint density at radius 1 is 1.23 bits per heavy atom. The van der Waals surface area contributed by atoms with E-state index in [0.29, 0.717) is 0 Å². The summed E-state index contributed by atoms with van der Waals surface area (Å²) in [6.07, 6.45) is 6.85. The minimum Gasteiger partial charge on any atom is -0.313 e. The van der Waals surface area contributed by atoms with E-state index in [1.54, 1.807) is 0 Å². The van der Waals surface area contributed by atoms with Crippen molar-refractivity contribution in [2.75, 3.05) is 19.1 Å². The molecule has 0 bridgehead atoms. The van der Waals surface area contributed by atoms with E-state index in [9.17, 15) is 8.42 Å². The van der Waals surface area contributed by atoms with Crippen molar-refractivity contribution in [2.45, 2.75) is 37.6 Å². The SMILES string of the molecule is CNC1(CS(C)(=O)=O)CCCCC1. The molecular weight excluding hydrogens is 186 g/mol. The minimum atomic E-state index is -2.86. The van der Waals surface area contributed by atoms with Crippen molar-refractivity contribution in [2.24, 2.45) is 0 Å². The summed E-state index contributed by atoms with van der Waals surface area (Å²) in [7, 11) is -0.985. The van der Waals surface area contributed by atoms with Gasteiger partial charge in [0, 0.05) is 11.8 Å². The van der Waals surface area contributed by atoms with Crippen molar-refractivity contribution < 1.29 is 8.42 Å². The molecule has 1 aliphatic carbocycles. The Kier molecular flexibility index (Phi) is 3.35. The van der Waals surface area contributed by atoms with Crippen LogP contribution >= 0.6 is 0 Å². The van der Waals surface area contributed by atoms with E-state index < -0.39 is 9.84 Å². The summed E-state index contributed by atoms with van der Waals surface area (Å²) >= 11 is 0. The molecule has 1 saturated carbocycles. The normalized spacial score (nSPS) is 22.9. The van der Waals surface area contributed by atoms with Gasteiger partial charge in [0.1, 0.15) is 9.84 Å². The van der Waals surface area contributed by atoms with E-state index in [4.69, 9.17) is 0 Å². The first-order chi connectivity index (χ1) is 5.97. The maximum atomic E-state index is 11.2. The molecule has 78 valence electrons. The second-order valence-corrected chi connectivity index (χ2v) is 6.30. The zero-order valence-corrected chi connectivity index (χ0v) is 9.28. The number of nitrogens with one attached hydrogen (secondary N) is 1. The lowest BCUT2D eigenvalue weighted by Crippen LogP contribution is -2.49. The summed E-state index contributed by atoms with van der Waals surface area (Å²) in [5, 5.41) is 3.19. The van der Waals surface area contributed by atoms with Crippen LogP contribution in [-0.4, -0.2) is 33.0 Å². The Hall–Kier alpha value is -0.0900. The van der Waals surface area contributed by atoms with Gasteiger partial charge in [0.2, 0.25) is 0 Å². The van der Waals surface area contributed by atoms with Crippen molar-refractivity contribution in [3.05, 3.63) is 0 Å². The van der Waals surface area contributed by atoms with Gasteiger partial charge in [-0.05, 0) is 19.9 Å². The molecular formula is C9H19NO2S. The Bertz CT molecular complexity index is 253. The third-order valence-electron chi connectivity index (χ3n) is 2.88. The topological polar surface area (TPSA) is 46.2 Å². The highest BCUT2D eigenvalue weighted by Crippen LogP contribution is 2.28. The highest BCUT2D eigenvalue weighted by atomic mass is 32.2. The predicted octanol–water partition coefficient (Wildman–Crippen LogP) is 0.953. The Balaban J connectivity index is 2.68. The lowest BCUT2D eigenvalue weighted by atomic mass is 9.83. The van der Waals surface area contributed by atoms with Crippen LogP contribution in [-0.2, 0) is 9.84 Å². The summed E-state index contributed by atoms with van der Waals surface area (Å²) in [5.41, 5.74) is -0.133. The first-order valence-corrected chi connectivity index (χ1v) is 6.90. The lowest BCUT2D eigenvalue weighted by molar-refractivity contribution is 0.274. The highest BCUT2D eigenvalue weighted by molar-refractivity contribution is 7.90. The monoisotopic (exact) mass is 205 g/mol. The van der Waals surface area contributed by atoms with Gasteiger partial charge in [-0.15, -0.1) is 0 Å². The molecule has 1 N–H and O–H groups in total. The van der Waals surface area contributed by atoms with E-state index in [-0.39, 0.29) is 11.3 Å². The van der Waals surface area contributed by atoms with Crippen LogP contribution in [0.5, 0.6) is 0 Å². The average molecular weight is 205 g/mol. The first kappa shape index (κ1) is 11.0. The van der Waals surface area contributed by atoms with Crippen molar-refractivity contribution in [1.29, 1.82) is 0 Å². The van der Waals surface area contributed by atoms with Crippen LogP contribution in [0.25, 0.3) is 0 Å². The summed E-state index contributed by atoms with van der Waals surface area (Å²) in [6.45, 7) is 0. The van der Waals surface area contributed by atoms with Crippen LogP contribution < -0.4 is 5.32 Å². The van der Waals surface area contributed by atoms with Gasteiger partial charge >= 0.3 is 0 Å². The van der Waals surface area contributed by atoms with Gasteiger partial charge in [-0.2, -0.15) is 0 Å². The fourth-order valence-corrected chi connectivity index (χ4v) is 3.63. The Labute approximate surface area is 80.8 Å². The minimum absolute atomic E-state index is 0.133. The maximum absolute atomic E-state index is 11.2. The number of sulfone groups is 1. The van der Waals surface area contributed by atoms with Gasteiger partial charge in [-0.1, -0.05) is 19.3 Å². The van der Waals surface area contributed by atoms with Gasteiger partial charge in [-0.3, -0.25) is 0 Å². The van der Waals surface area contributed by atoms with E-state index in [1.165, 1.54) is 12.7 Å².